The van der Waals surface area contributed by atoms with Crippen molar-refractivity contribution in [2.45, 2.75) is 50.0 Å². The zero-order valence-corrected chi connectivity index (χ0v) is 13.0. The Morgan fingerprint density at radius 2 is 2.00 bits per heavy atom. The van der Waals surface area contributed by atoms with E-state index in [0.717, 1.165) is 44.2 Å². The predicted octanol–water partition coefficient (Wildman–Crippen LogP) is 3.14. The van der Waals surface area contributed by atoms with Gasteiger partial charge in [0, 0.05) is 24.2 Å². The summed E-state index contributed by atoms with van der Waals surface area (Å²) < 4.78 is 0. The number of aliphatic hydroxyl groups excluding tert-OH is 1. The van der Waals surface area contributed by atoms with E-state index in [0.29, 0.717) is 11.4 Å². The molecule has 4 heteroatoms. The Kier molecular flexibility index (Phi) is 4.23. The summed E-state index contributed by atoms with van der Waals surface area (Å²) in [6.45, 7) is 0.987. The molecule has 2 aliphatic rings. The van der Waals surface area contributed by atoms with E-state index in [1.54, 1.807) is 0 Å². The highest BCUT2D eigenvalue weighted by atomic mass is 35.5. The van der Waals surface area contributed by atoms with Crippen LogP contribution in [0.1, 0.15) is 44.1 Å². The third kappa shape index (κ3) is 2.82. The fourth-order valence-electron chi connectivity index (χ4n) is 3.51. The van der Waals surface area contributed by atoms with Crippen molar-refractivity contribution >= 4 is 17.5 Å². The molecule has 1 saturated carbocycles. The van der Waals surface area contributed by atoms with Gasteiger partial charge in [-0.2, -0.15) is 0 Å². The fourth-order valence-corrected chi connectivity index (χ4v) is 3.64. The average Bonchev–Trinajstić information content (AvgIpc) is 3.30. The molecule has 1 amide bonds. The van der Waals surface area contributed by atoms with Crippen molar-refractivity contribution in [3.05, 3.63) is 34.9 Å². The lowest BCUT2D eigenvalue weighted by Gasteiger charge is -2.38. The van der Waals surface area contributed by atoms with E-state index < -0.39 is 0 Å². The number of carbonyl (C=O) groups excluding carboxylic acids is 1. The number of carbonyl (C=O) groups is 1. The Balaban J connectivity index is 1.81. The molecular weight excluding hydrogens is 286 g/mol. The molecular formula is C17H22ClNO2. The van der Waals surface area contributed by atoms with Crippen LogP contribution in [-0.2, 0) is 10.2 Å². The summed E-state index contributed by atoms with van der Waals surface area (Å²) >= 11 is 5.95. The van der Waals surface area contributed by atoms with E-state index in [1.165, 1.54) is 0 Å². The van der Waals surface area contributed by atoms with Gasteiger partial charge >= 0.3 is 0 Å². The van der Waals surface area contributed by atoms with Gasteiger partial charge in [0.1, 0.15) is 0 Å². The molecule has 114 valence electrons. The molecule has 0 spiro atoms. The van der Waals surface area contributed by atoms with Crippen LogP contribution in [0.15, 0.2) is 24.3 Å². The molecule has 2 fully saturated rings. The standard InChI is InChI=1S/C17H22ClNO2/c18-14-6-4-13(5-7-14)17(9-10-17)16(21)19-11-2-1-3-15(19)8-12-20/h4-7,15,20H,1-3,8-12H2. The number of likely N-dealkylation sites (tertiary alicyclic amines) is 1. The molecule has 1 atom stereocenters. The van der Waals surface area contributed by atoms with Crippen LogP contribution in [0.5, 0.6) is 0 Å². The summed E-state index contributed by atoms with van der Waals surface area (Å²) in [5, 5.41) is 9.94. The van der Waals surface area contributed by atoms with Crippen molar-refractivity contribution in [1.29, 1.82) is 0 Å². The lowest BCUT2D eigenvalue weighted by Crippen LogP contribution is -2.48. The molecule has 21 heavy (non-hydrogen) atoms. The molecule has 1 N–H and O–H groups in total. The van der Waals surface area contributed by atoms with Gasteiger partial charge in [0.25, 0.3) is 0 Å². The largest absolute Gasteiger partial charge is 0.396 e. The Labute approximate surface area is 130 Å². The van der Waals surface area contributed by atoms with Crippen LogP contribution < -0.4 is 0 Å². The Morgan fingerprint density at radius 1 is 1.29 bits per heavy atom. The summed E-state index contributed by atoms with van der Waals surface area (Å²) in [6.07, 6.45) is 5.80. The Bertz CT molecular complexity index is 508. The minimum Gasteiger partial charge on any atom is -0.396 e. The van der Waals surface area contributed by atoms with Gasteiger partial charge in [-0.05, 0) is 56.2 Å². The summed E-state index contributed by atoms with van der Waals surface area (Å²) in [4.78, 5) is 15.1. The average molecular weight is 308 g/mol. The highest BCUT2D eigenvalue weighted by Crippen LogP contribution is 2.50. The topological polar surface area (TPSA) is 40.5 Å². The molecule has 1 unspecified atom stereocenters. The minimum absolute atomic E-state index is 0.155. The van der Waals surface area contributed by atoms with Crippen molar-refractivity contribution in [3.8, 4) is 0 Å². The van der Waals surface area contributed by atoms with Crippen LogP contribution in [0.25, 0.3) is 0 Å². The van der Waals surface area contributed by atoms with Gasteiger partial charge < -0.3 is 10.0 Å². The molecule has 1 aliphatic heterocycles. The predicted molar refractivity (Wildman–Crippen MR) is 83.4 cm³/mol. The first-order chi connectivity index (χ1) is 10.2. The number of amides is 1. The van der Waals surface area contributed by atoms with Crippen molar-refractivity contribution in [2.24, 2.45) is 0 Å². The van der Waals surface area contributed by atoms with Gasteiger partial charge in [0.2, 0.25) is 5.91 Å². The number of aliphatic hydroxyl groups is 1. The summed E-state index contributed by atoms with van der Waals surface area (Å²) in [6, 6.07) is 7.91. The van der Waals surface area contributed by atoms with E-state index >= 15 is 0 Å². The lowest BCUT2D eigenvalue weighted by molar-refractivity contribution is -0.138. The summed E-state index contributed by atoms with van der Waals surface area (Å²) in [5.74, 6) is 0.253. The maximum absolute atomic E-state index is 13.1. The number of hydrogen-bond donors (Lipinski definition) is 1. The van der Waals surface area contributed by atoms with E-state index in [-0.39, 0.29) is 24.0 Å². The second-order valence-corrected chi connectivity index (χ2v) is 6.69. The van der Waals surface area contributed by atoms with Crippen LogP contribution in [-0.4, -0.2) is 35.1 Å². The van der Waals surface area contributed by atoms with Crippen molar-refractivity contribution < 1.29 is 9.90 Å². The van der Waals surface area contributed by atoms with E-state index in [1.807, 2.05) is 29.2 Å². The fraction of sp³-hybridized carbons (Fsp3) is 0.588. The molecule has 3 rings (SSSR count). The second-order valence-electron chi connectivity index (χ2n) is 6.25. The number of nitrogens with zero attached hydrogens (tertiary/aromatic N) is 1. The third-order valence-electron chi connectivity index (χ3n) is 4.91. The first-order valence-corrected chi connectivity index (χ1v) is 8.23. The zero-order chi connectivity index (χ0) is 14.9. The van der Waals surface area contributed by atoms with Crippen LogP contribution >= 0.6 is 11.6 Å². The highest BCUT2D eigenvalue weighted by Gasteiger charge is 2.53. The van der Waals surface area contributed by atoms with E-state index in [9.17, 15) is 9.90 Å². The third-order valence-corrected chi connectivity index (χ3v) is 5.16. The van der Waals surface area contributed by atoms with Crippen LogP contribution in [0, 0.1) is 0 Å². The van der Waals surface area contributed by atoms with Crippen LogP contribution in [0.2, 0.25) is 5.02 Å². The number of halogens is 1. The Hall–Kier alpha value is -1.06. The lowest BCUT2D eigenvalue weighted by atomic mass is 9.91. The van der Waals surface area contributed by atoms with Crippen molar-refractivity contribution in [1.82, 2.24) is 4.90 Å². The van der Waals surface area contributed by atoms with E-state index in [4.69, 9.17) is 11.6 Å². The normalized spacial score (nSPS) is 23.9. The van der Waals surface area contributed by atoms with Gasteiger partial charge in [0.15, 0.2) is 0 Å². The van der Waals surface area contributed by atoms with Gasteiger partial charge in [-0.15, -0.1) is 0 Å². The van der Waals surface area contributed by atoms with Gasteiger partial charge in [-0.25, -0.2) is 0 Å². The smallest absolute Gasteiger partial charge is 0.233 e. The number of hydrogen-bond acceptors (Lipinski definition) is 2. The van der Waals surface area contributed by atoms with Crippen molar-refractivity contribution in [3.63, 3.8) is 0 Å². The van der Waals surface area contributed by atoms with Gasteiger partial charge in [-0.1, -0.05) is 23.7 Å². The van der Waals surface area contributed by atoms with Gasteiger partial charge in [0.05, 0.1) is 5.41 Å². The number of benzene rings is 1. The molecule has 1 aromatic carbocycles. The van der Waals surface area contributed by atoms with Gasteiger partial charge in [-0.3, -0.25) is 4.79 Å². The highest BCUT2D eigenvalue weighted by molar-refractivity contribution is 6.30. The molecule has 0 radical (unpaired) electrons. The van der Waals surface area contributed by atoms with Crippen LogP contribution in [0.3, 0.4) is 0 Å². The zero-order valence-electron chi connectivity index (χ0n) is 12.2. The van der Waals surface area contributed by atoms with Crippen molar-refractivity contribution in [2.75, 3.05) is 13.2 Å². The summed E-state index contributed by atoms with van der Waals surface area (Å²) in [5.41, 5.74) is 0.764. The monoisotopic (exact) mass is 307 g/mol. The minimum atomic E-state index is -0.324. The summed E-state index contributed by atoms with van der Waals surface area (Å²) in [7, 11) is 0. The maximum atomic E-state index is 13.1. The first-order valence-electron chi connectivity index (χ1n) is 7.85. The maximum Gasteiger partial charge on any atom is 0.233 e. The molecule has 1 heterocycles. The molecule has 1 aliphatic carbocycles. The first kappa shape index (κ1) is 14.9. The molecule has 1 saturated heterocycles. The SMILES string of the molecule is O=C(N1CCCCC1CCO)C1(c2ccc(Cl)cc2)CC1. The Morgan fingerprint density at radius 3 is 2.62 bits per heavy atom. The molecule has 0 bridgehead atoms. The molecule has 3 nitrogen and oxygen atoms in total. The number of rotatable bonds is 4. The molecule has 1 aromatic rings. The van der Waals surface area contributed by atoms with Crippen LogP contribution in [0.4, 0.5) is 0 Å². The quantitative estimate of drug-likeness (QED) is 0.928. The van der Waals surface area contributed by atoms with E-state index in [2.05, 4.69) is 0 Å². The molecule has 0 aromatic heterocycles. The second kappa shape index (κ2) is 5.98. The number of piperidine rings is 1.